The molecule has 0 saturated heterocycles. The van der Waals surface area contributed by atoms with Crippen LogP contribution in [-0.2, 0) is 29.2 Å². The second-order valence-electron chi connectivity index (χ2n) is 6.78. The third-order valence-electron chi connectivity index (χ3n) is 4.62. The number of hydrogen-bond acceptors (Lipinski definition) is 7. The van der Waals surface area contributed by atoms with Crippen molar-refractivity contribution in [3.8, 4) is 0 Å². The summed E-state index contributed by atoms with van der Waals surface area (Å²) >= 11 is 0. The second-order valence-corrected chi connectivity index (χ2v) is 8.33. The fraction of sp³-hybridized carbons (Fsp3) is 0.700. The van der Waals surface area contributed by atoms with E-state index in [9.17, 15) is 22.6 Å². The van der Waals surface area contributed by atoms with Crippen molar-refractivity contribution in [3.63, 3.8) is 0 Å². The van der Waals surface area contributed by atoms with E-state index in [2.05, 4.69) is 13.2 Å². The van der Waals surface area contributed by atoms with Crippen LogP contribution in [0.1, 0.15) is 58.8 Å². The molecule has 0 aromatic rings. The molecule has 0 aromatic heterocycles. The maximum Gasteiger partial charge on any atom is 1.00 e. The van der Waals surface area contributed by atoms with Gasteiger partial charge in [-0.2, -0.15) is 0 Å². The first-order valence-corrected chi connectivity index (χ1v) is 11.1. The van der Waals surface area contributed by atoms with E-state index in [1.165, 1.54) is 0 Å². The van der Waals surface area contributed by atoms with Crippen LogP contribution in [0.3, 0.4) is 0 Å². The normalized spacial score (nSPS) is 14.0. The van der Waals surface area contributed by atoms with Crippen LogP contribution >= 0.6 is 0 Å². The van der Waals surface area contributed by atoms with Crippen LogP contribution in [0.25, 0.3) is 0 Å². The van der Waals surface area contributed by atoms with Gasteiger partial charge in [0.15, 0.2) is 5.25 Å². The Morgan fingerprint density at radius 2 is 1.41 bits per heavy atom. The number of carbonyl (C=O) groups excluding carboxylic acids is 2. The Hall–Kier alpha value is -0.670. The van der Waals surface area contributed by atoms with Gasteiger partial charge in [-0.1, -0.05) is 38.8 Å². The Kier molecular flexibility index (Phi) is 18.0. The number of esters is 2. The molecular formula is C20H33NaO7S. The third-order valence-corrected chi connectivity index (χ3v) is 5.67. The van der Waals surface area contributed by atoms with Gasteiger partial charge in [-0.25, -0.2) is 8.42 Å². The van der Waals surface area contributed by atoms with Crippen LogP contribution in [0.2, 0.25) is 0 Å². The summed E-state index contributed by atoms with van der Waals surface area (Å²) in [5.74, 6) is -1.98. The maximum atomic E-state index is 12.1. The topological polar surface area (TPSA) is 110 Å². The second kappa shape index (κ2) is 17.1. The zero-order chi connectivity index (χ0) is 21.6. The molecule has 9 heteroatoms. The summed E-state index contributed by atoms with van der Waals surface area (Å²) in [6.45, 7) is 11.2. The molecule has 1 unspecified atom stereocenters. The molecule has 0 N–H and O–H groups in total. The molecule has 0 aliphatic carbocycles. The molecule has 0 rings (SSSR count). The average Bonchev–Trinajstić information content (AvgIpc) is 2.65. The zero-order valence-corrected chi connectivity index (χ0v) is 20.7. The minimum atomic E-state index is -5.04. The molecule has 0 bridgehead atoms. The van der Waals surface area contributed by atoms with Gasteiger partial charge in [-0.3, -0.25) is 9.59 Å². The average molecular weight is 441 g/mol. The molecule has 0 fully saturated rings. The van der Waals surface area contributed by atoms with Crippen molar-refractivity contribution in [2.75, 3.05) is 13.2 Å². The van der Waals surface area contributed by atoms with Gasteiger partial charge in [0.2, 0.25) is 0 Å². The van der Waals surface area contributed by atoms with E-state index in [0.29, 0.717) is 0 Å². The molecule has 3 atom stereocenters. The van der Waals surface area contributed by atoms with Gasteiger partial charge in [0.25, 0.3) is 0 Å². The van der Waals surface area contributed by atoms with Crippen LogP contribution in [-0.4, -0.2) is 43.4 Å². The number of allylic oxidation sites excluding steroid dienone is 2. The van der Waals surface area contributed by atoms with E-state index in [-0.39, 0.29) is 54.6 Å². The minimum Gasteiger partial charge on any atom is -0.747 e. The molecular weight excluding hydrogens is 407 g/mol. The van der Waals surface area contributed by atoms with Crippen LogP contribution in [0.4, 0.5) is 0 Å². The summed E-state index contributed by atoms with van der Waals surface area (Å²) in [5, 5.41) is -2.09. The summed E-state index contributed by atoms with van der Waals surface area (Å²) in [4.78, 5) is 24.1. The number of rotatable bonds is 16. The van der Waals surface area contributed by atoms with Crippen molar-refractivity contribution in [2.24, 2.45) is 11.8 Å². The number of carbonyl (C=O) groups is 2. The largest absolute Gasteiger partial charge is 1.00 e. The van der Waals surface area contributed by atoms with Gasteiger partial charge in [0.05, 0.1) is 19.6 Å². The summed E-state index contributed by atoms with van der Waals surface area (Å²) in [7, 11) is -5.04. The molecule has 29 heavy (non-hydrogen) atoms. The Balaban J connectivity index is 0. The number of ether oxygens (including phenoxy) is 2. The monoisotopic (exact) mass is 440 g/mol. The number of hydrogen-bond donors (Lipinski definition) is 0. The van der Waals surface area contributed by atoms with Crippen molar-refractivity contribution in [1.82, 2.24) is 0 Å². The van der Waals surface area contributed by atoms with E-state index in [4.69, 9.17) is 9.47 Å². The molecule has 162 valence electrons. The van der Waals surface area contributed by atoms with E-state index in [0.717, 1.165) is 38.5 Å². The van der Waals surface area contributed by atoms with Crippen molar-refractivity contribution in [3.05, 3.63) is 25.3 Å². The first-order chi connectivity index (χ1) is 13.2. The van der Waals surface area contributed by atoms with Crippen LogP contribution < -0.4 is 29.6 Å². The van der Waals surface area contributed by atoms with Crippen LogP contribution in [0, 0.1) is 11.8 Å². The van der Waals surface area contributed by atoms with Gasteiger partial charge in [0.1, 0.15) is 10.1 Å². The fourth-order valence-corrected chi connectivity index (χ4v) is 3.18. The minimum absolute atomic E-state index is 0. The van der Waals surface area contributed by atoms with Gasteiger partial charge < -0.3 is 14.0 Å². The fourth-order valence-electron chi connectivity index (χ4n) is 2.53. The van der Waals surface area contributed by atoms with Crippen molar-refractivity contribution >= 4 is 22.1 Å². The molecule has 0 aliphatic heterocycles. The first-order valence-electron chi connectivity index (χ1n) is 9.68. The quantitative estimate of drug-likeness (QED) is 0.148. The van der Waals surface area contributed by atoms with E-state index < -0.39 is 33.7 Å². The van der Waals surface area contributed by atoms with Crippen molar-refractivity contribution in [1.29, 1.82) is 0 Å². The van der Waals surface area contributed by atoms with Crippen LogP contribution in [0.5, 0.6) is 0 Å². The van der Waals surface area contributed by atoms with Gasteiger partial charge in [0, 0.05) is 0 Å². The predicted octanol–water partition coefficient (Wildman–Crippen LogP) is 0.366. The van der Waals surface area contributed by atoms with Gasteiger partial charge >= 0.3 is 41.5 Å². The summed E-state index contributed by atoms with van der Waals surface area (Å²) in [6, 6.07) is 0. The molecule has 0 amide bonds. The van der Waals surface area contributed by atoms with E-state index in [1.54, 1.807) is 12.2 Å². The third kappa shape index (κ3) is 14.0. The standard InChI is InChI=1S/C20H34O7S.Na/c1-5-9-11-16(7-3)14-26-19(21)13-18(28(23,24)25)20(22)27-15-17(8-4)12-10-6-2;/h5-6,16-18H,1-2,7-15H2,3-4H3,(H,23,24,25);/q;+1/p-1/t16-,17-,18?;/m0./s1. The molecule has 7 nitrogen and oxygen atoms in total. The zero-order valence-electron chi connectivity index (χ0n) is 17.9. The Bertz CT molecular complexity index is 604. The molecule has 0 saturated carbocycles. The molecule has 0 aliphatic rings. The van der Waals surface area contributed by atoms with Gasteiger partial charge in [-0.15, -0.1) is 13.2 Å². The van der Waals surface area contributed by atoms with Crippen molar-refractivity contribution < 1.29 is 61.6 Å². The van der Waals surface area contributed by atoms with Crippen molar-refractivity contribution in [2.45, 2.75) is 64.0 Å². The Morgan fingerprint density at radius 3 is 1.79 bits per heavy atom. The van der Waals surface area contributed by atoms with E-state index >= 15 is 0 Å². The first kappa shape index (κ1) is 30.5. The molecule has 0 spiro atoms. The SMILES string of the molecule is C=CCC[C@H](CC)COC(=O)CC(C(=O)OC[C@@H](CC)CCC=C)S(=O)(=O)[O-].[Na+]. The summed E-state index contributed by atoms with van der Waals surface area (Å²) in [5.41, 5.74) is 0. The molecule has 0 heterocycles. The van der Waals surface area contributed by atoms with Gasteiger partial charge in [-0.05, 0) is 37.5 Å². The molecule has 0 radical (unpaired) electrons. The predicted molar refractivity (Wildman–Crippen MR) is 106 cm³/mol. The van der Waals surface area contributed by atoms with Crippen LogP contribution in [0.15, 0.2) is 25.3 Å². The summed E-state index contributed by atoms with van der Waals surface area (Å²) in [6.07, 6.45) is 7.17. The smallest absolute Gasteiger partial charge is 0.747 e. The Morgan fingerprint density at radius 1 is 0.966 bits per heavy atom. The Labute approximate surface area is 197 Å². The maximum absolute atomic E-state index is 12.1. The summed E-state index contributed by atoms with van der Waals surface area (Å²) < 4.78 is 44.4. The van der Waals surface area contributed by atoms with E-state index in [1.807, 2.05) is 13.8 Å². The molecule has 0 aromatic carbocycles.